The monoisotopic (exact) mass is 318 g/mol. The van der Waals surface area contributed by atoms with Crippen LogP contribution in [-0.2, 0) is 16.6 Å². The number of hydrogen-bond acceptors (Lipinski definition) is 5. The van der Waals surface area contributed by atoms with E-state index in [0.717, 1.165) is 32.5 Å². The molecule has 1 saturated heterocycles. The molecule has 0 aromatic carbocycles. The van der Waals surface area contributed by atoms with Crippen LogP contribution in [0.5, 0.6) is 0 Å². The summed E-state index contributed by atoms with van der Waals surface area (Å²) in [7, 11) is -3.55. The van der Waals surface area contributed by atoms with Crippen molar-refractivity contribution in [1.29, 1.82) is 0 Å². The first-order chi connectivity index (χ1) is 9.47. The molecule has 1 aromatic heterocycles. The van der Waals surface area contributed by atoms with Gasteiger partial charge in [-0.3, -0.25) is 0 Å². The lowest BCUT2D eigenvalue weighted by atomic mass is 10.1. The summed E-state index contributed by atoms with van der Waals surface area (Å²) in [5.74, 6) is 0. The van der Waals surface area contributed by atoms with E-state index in [1.165, 1.54) is 11.3 Å². The Labute approximate surface area is 124 Å². The molecule has 1 fully saturated rings. The van der Waals surface area contributed by atoms with Crippen molar-refractivity contribution in [2.45, 2.75) is 44.2 Å². The molecule has 0 spiro atoms. The van der Waals surface area contributed by atoms with Crippen LogP contribution in [0.4, 0.5) is 0 Å². The topological polar surface area (TPSA) is 69.6 Å². The molecule has 2 N–H and O–H groups in total. The van der Waals surface area contributed by atoms with Gasteiger partial charge in [-0.15, -0.1) is 11.3 Å². The number of rotatable bonds is 5. The SMILES string of the molecule is CCN1CCCC(NS(=O)(=O)c2c(C)csc2CO)C1. The first kappa shape index (κ1) is 15.9. The second kappa shape index (κ2) is 6.53. The molecule has 114 valence electrons. The van der Waals surface area contributed by atoms with E-state index in [9.17, 15) is 13.5 Å². The summed E-state index contributed by atoms with van der Waals surface area (Å²) in [5.41, 5.74) is 0.703. The normalized spacial score (nSPS) is 21.2. The molecule has 1 aliphatic rings. The predicted octanol–water partition coefficient (Wildman–Crippen LogP) is 1.31. The lowest BCUT2D eigenvalue weighted by molar-refractivity contribution is 0.211. The van der Waals surface area contributed by atoms with Gasteiger partial charge in [-0.05, 0) is 43.8 Å². The van der Waals surface area contributed by atoms with Crippen LogP contribution in [0.25, 0.3) is 0 Å². The third kappa shape index (κ3) is 3.40. The van der Waals surface area contributed by atoms with Crippen LogP contribution >= 0.6 is 11.3 Å². The zero-order chi connectivity index (χ0) is 14.8. The number of aliphatic hydroxyl groups excluding tert-OH is 1. The van der Waals surface area contributed by atoms with E-state index in [-0.39, 0.29) is 17.5 Å². The molecule has 1 aromatic rings. The highest BCUT2D eigenvalue weighted by Gasteiger charge is 2.28. The largest absolute Gasteiger partial charge is 0.391 e. The molecule has 5 nitrogen and oxygen atoms in total. The molecular weight excluding hydrogens is 296 g/mol. The fourth-order valence-corrected chi connectivity index (χ4v) is 5.60. The first-order valence-corrected chi connectivity index (χ1v) is 9.26. The molecule has 0 aliphatic carbocycles. The van der Waals surface area contributed by atoms with E-state index in [1.807, 2.05) is 0 Å². The van der Waals surface area contributed by atoms with Crippen LogP contribution in [0.2, 0.25) is 0 Å². The fourth-order valence-electron chi connectivity index (χ4n) is 2.67. The number of nitrogens with one attached hydrogen (secondary N) is 1. The molecule has 7 heteroatoms. The van der Waals surface area contributed by atoms with Gasteiger partial charge in [0.25, 0.3) is 0 Å². The summed E-state index contributed by atoms with van der Waals surface area (Å²) >= 11 is 1.29. The van der Waals surface area contributed by atoms with E-state index in [4.69, 9.17) is 0 Å². The van der Waals surface area contributed by atoms with Crippen LogP contribution in [0.3, 0.4) is 0 Å². The predicted molar refractivity (Wildman–Crippen MR) is 80.4 cm³/mol. The molecular formula is C13H22N2O3S2. The lowest BCUT2D eigenvalue weighted by Crippen LogP contribution is -2.47. The molecule has 2 heterocycles. The van der Waals surface area contributed by atoms with Crippen LogP contribution in [0.1, 0.15) is 30.2 Å². The fraction of sp³-hybridized carbons (Fsp3) is 0.692. The average Bonchev–Trinajstić information content (AvgIpc) is 2.80. The van der Waals surface area contributed by atoms with E-state index in [1.54, 1.807) is 12.3 Å². The van der Waals surface area contributed by atoms with Crippen LogP contribution in [0, 0.1) is 6.92 Å². The number of thiophene rings is 1. The maximum atomic E-state index is 12.5. The second-order valence-electron chi connectivity index (χ2n) is 5.18. The van der Waals surface area contributed by atoms with Gasteiger partial charge in [-0.25, -0.2) is 13.1 Å². The number of likely N-dealkylation sites (tertiary alicyclic amines) is 1. The van der Waals surface area contributed by atoms with E-state index in [0.29, 0.717) is 10.4 Å². The number of aryl methyl sites for hydroxylation is 1. The molecule has 1 unspecified atom stereocenters. The number of hydrogen-bond donors (Lipinski definition) is 2. The minimum Gasteiger partial charge on any atom is -0.391 e. The number of likely N-dealkylation sites (N-methyl/N-ethyl adjacent to an activating group) is 1. The van der Waals surface area contributed by atoms with Gasteiger partial charge in [0.1, 0.15) is 4.90 Å². The molecule has 20 heavy (non-hydrogen) atoms. The Morgan fingerprint density at radius 2 is 2.30 bits per heavy atom. The third-order valence-corrected chi connectivity index (χ3v) is 6.64. The van der Waals surface area contributed by atoms with Gasteiger partial charge in [0.15, 0.2) is 0 Å². The Kier molecular flexibility index (Phi) is 5.19. The third-order valence-electron chi connectivity index (χ3n) is 3.68. The zero-order valence-corrected chi connectivity index (χ0v) is 13.6. The van der Waals surface area contributed by atoms with Gasteiger partial charge in [0.2, 0.25) is 10.0 Å². The van der Waals surface area contributed by atoms with Crippen molar-refractivity contribution < 1.29 is 13.5 Å². The lowest BCUT2D eigenvalue weighted by Gasteiger charge is -2.32. The number of sulfonamides is 1. The first-order valence-electron chi connectivity index (χ1n) is 6.90. The minimum atomic E-state index is -3.55. The molecule has 2 rings (SSSR count). The molecule has 0 radical (unpaired) electrons. The number of nitrogens with zero attached hydrogens (tertiary/aromatic N) is 1. The zero-order valence-electron chi connectivity index (χ0n) is 11.9. The summed E-state index contributed by atoms with van der Waals surface area (Å²) in [4.78, 5) is 3.03. The van der Waals surface area contributed by atoms with Gasteiger partial charge in [-0.1, -0.05) is 6.92 Å². The Balaban J connectivity index is 2.16. The Bertz CT molecular complexity index is 554. The number of aliphatic hydroxyl groups is 1. The highest BCUT2D eigenvalue weighted by Crippen LogP contribution is 2.27. The summed E-state index contributed by atoms with van der Waals surface area (Å²) in [6.07, 6.45) is 1.88. The van der Waals surface area contributed by atoms with Crippen molar-refractivity contribution in [1.82, 2.24) is 9.62 Å². The van der Waals surface area contributed by atoms with Crippen molar-refractivity contribution in [2.75, 3.05) is 19.6 Å². The van der Waals surface area contributed by atoms with Crippen molar-refractivity contribution in [2.24, 2.45) is 0 Å². The minimum absolute atomic E-state index is 0.0421. The maximum absolute atomic E-state index is 12.5. The van der Waals surface area contributed by atoms with Crippen molar-refractivity contribution >= 4 is 21.4 Å². The average molecular weight is 318 g/mol. The smallest absolute Gasteiger partial charge is 0.242 e. The van der Waals surface area contributed by atoms with Crippen LogP contribution in [-0.4, -0.2) is 44.1 Å². The summed E-state index contributed by atoms with van der Waals surface area (Å²) in [6, 6.07) is -0.0421. The summed E-state index contributed by atoms with van der Waals surface area (Å²) in [5, 5.41) is 11.1. The summed E-state index contributed by atoms with van der Waals surface area (Å²) < 4.78 is 27.8. The van der Waals surface area contributed by atoms with Crippen LogP contribution in [0.15, 0.2) is 10.3 Å². The summed E-state index contributed by atoms with van der Waals surface area (Å²) in [6.45, 7) is 6.35. The van der Waals surface area contributed by atoms with Crippen molar-refractivity contribution in [3.05, 3.63) is 15.8 Å². The van der Waals surface area contributed by atoms with Gasteiger partial charge >= 0.3 is 0 Å². The van der Waals surface area contributed by atoms with E-state index < -0.39 is 10.0 Å². The molecule has 1 aliphatic heterocycles. The molecule has 1 atom stereocenters. The highest BCUT2D eigenvalue weighted by atomic mass is 32.2. The standard InChI is InChI=1S/C13H22N2O3S2/c1-3-15-6-4-5-11(7-15)14-20(17,18)13-10(2)9-19-12(13)8-16/h9,11,14,16H,3-8H2,1-2H3. The second-order valence-corrected chi connectivity index (χ2v) is 7.80. The highest BCUT2D eigenvalue weighted by molar-refractivity contribution is 7.89. The quantitative estimate of drug-likeness (QED) is 0.859. The van der Waals surface area contributed by atoms with Crippen molar-refractivity contribution in [3.8, 4) is 0 Å². The Morgan fingerprint density at radius 3 is 2.95 bits per heavy atom. The molecule has 0 amide bonds. The Hall–Kier alpha value is -0.470. The molecule has 0 saturated carbocycles. The van der Waals surface area contributed by atoms with E-state index in [2.05, 4.69) is 16.5 Å². The van der Waals surface area contributed by atoms with Gasteiger partial charge in [-0.2, -0.15) is 0 Å². The van der Waals surface area contributed by atoms with Crippen LogP contribution < -0.4 is 4.72 Å². The maximum Gasteiger partial charge on any atom is 0.242 e. The Morgan fingerprint density at radius 1 is 1.55 bits per heavy atom. The van der Waals surface area contributed by atoms with Crippen molar-refractivity contribution in [3.63, 3.8) is 0 Å². The number of piperidine rings is 1. The van der Waals surface area contributed by atoms with Gasteiger partial charge in [0, 0.05) is 12.6 Å². The molecule has 0 bridgehead atoms. The van der Waals surface area contributed by atoms with Gasteiger partial charge in [0.05, 0.1) is 11.5 Å². The van der Waals surface area contributed by atoms with Gasteiger partial charge < -0.3 is 10.0 Å². The van der Waals surface area contributed by atoms with E-state index >= 15 is 0 Å².